The van der Waals surface area contributed by atoms with E-state index in [9.17, 15) is 35.8 Å². The fourth-order valence-electron chi connectivity index (χ4n) is 2.23. The van der Waals surface area contributed by atoms with E-state index in [-0.39, 0.29) is 27.4 Å². The van der Waals surface area contributed by atoms with E-state index >= 15 is 0 Å². The maximum Gasteiger partial charge on any atom is 0.490 e. The van der Waals surface area contributed by atoms with Gasteiger partial charge in [-0.2, -0.15) is 26.3 Å². The summed E-state index contributed by atoms with van der Waals surface area (Å²) < 4.78 is 89.3. The molecule has 0 aliphatic heterocycles. The number of methoxy groups -OCH3 is 1. The van der Waals surface area contributed by atoms with E-state index in [2.05, 4.69) is 10.2 Å². The van der Waals surface area contributed by atoms with Crippen LogP contribution in [0.2, 0.25) is 0 Å². The van der Waals surface area contributed by atoms with Gasteiger partial charge in [0.15, 0.2) is 0 Å². The van der Waals surface area contributed by atoms with Crippen LogP contribution in [-0.4, -0.2) is 39.7 Å². The van der Waals surface area contributed by atoms with Crippen LogP contribution >= 0.6 is 11.3 Å². The largest absolute Gasteiger partial charge is 0.508 e. The Morgan fingerprint density at radius 3 is 2.09 bits per heavy atom. The number of hydrogen-bond acceptors (Lipinski definition) is 6. The first-order valence-electron chi connectivity index (χ1n) is 8.12. The van der Waals surface area contributed by atoms with E-state index in [0.717, 1.165) is 0 Å². The summed E-state index contributed by atoms with van der Waals surface area (Å²) in [5, 5.41) is 22.3. The number of aliphatic carboxylic acids is 1. The molecule has 32 heavy (non-hydrogen) atoms. The molecular weight excluding hydrogens is 473 g/mol. The Bertz CT molecular complexity index is 1110. The number of halogens is 7. The summed E-state index contributed by atoms with van der Waals surface area (Å²) in [4.78, 5) is 8.90. The van der Waals surface area contributed by atoms with Gasteiger partial charge >= 0.3 is 18.3 Å². The van der Waals surface area contributed by atoms with Crippen molar-refractivity contribution in [2.75, 3.05) is 7.11 Å². The van der Waals surface area contributed by atoms with Crippen molar-refractivity contribution in [1.29, 1.82) is 0 Å². The molecule has 1 heterocycles. The highest BCUT2D eigenvalue weighted by atomic mass is 32.1. The average Bonchev–Trinajstić information content (AvgIpc) is 3.19. The predicted molar refractivity (Wildman–Crippen MR) is 97.6 cm³/mol. The minimum Gasteiger partial charge on any atom is -0.508 e. The van der Waals surface area contributed by atoms with Crippen LogP contribution in [0.1, 0.15) is 5.01 Å². The third kappa shape index (κ3) is 6.06. The standard InChI is InChI=1S/C16H10F4N2O2S.C2HF3O2/c1-24-9-3-5-13(17)11(7-9)10-4-2-8(23)6-12(10)14-21-22-15(25-14)16(18,19)20;3-2(4,5)1(6)7/h2-7,23H,1H3;(H,6,7). The van der Waals surface area contributed by atoms with Gasteiger partial charge in [-0.3, -0.25) is 0 Å². The van der Waals surface area contributed by atoms with Gasteiger partial charge in [-0.1, -0.05) is 11.3 Å². The highest BCUT2D eigenvalue weighted by Gasteiger charge is 2.38. The first-order chi connectivity index (χ1) is 14.7. The number of carboxylic acids is 1. The number of carboxylic acid groups (broad SMARTS) is 1. The van der Waals surface area contributed by atoms with Gasteiger partial charge in [0.2, 0.25) is 5.01 Å². The fraction of sp³-hybridized carbons (Fsp3) is 0.167. The molecule has 0 aliphatic rings. The Labute approximate surface area is 178 Å². The highest BCUT2D eigenvalue weighted by molar-refractivity contribution is 7.14. The van der Waals surface area contributed by atoms with Gasteiger partial charge in [-0.05, 0) is 42.0 Å². The second-order valence-corrected chi connectivity index (χ2v) is 6.77. The topological polar surface area (TPSA) is 92.5 Å². The molecule has 0 radical (unpaired) electrons. The van der Waals surface area contributed by atoms with E-state index < -0.39 is 29.1 Å². The van der Waals surface area contributed by atoms with E-state index in [1.807, 2.05) is 0 Å². The second-order valence-electron chi connectivity index (χ2n) is 5.79. The number of alkyl halides is 6. The molecule has 3 aromatic rings. The lowest BCUT2D eigenvalue weighted by atomic mass is 9.99. The number of nitrogens with zero attached hydrogens (tertiary/aromatic N) is 2. The third-order valence-corrected chi connectivity index (χ3v) is 4.61. The van der Waals surface area contributed by atoms with Gasteiger partial charge in [-0.15, -0.1) is 10.2 Å². The number of benzene rings is 2. The molecule has 2 N–H and O–H groups in total. The van der Waals surface area contributed by atoms with Crippen molar-refractivity contribution >= 4 is 17.3 Å². The van der Waals surface area contributed by atoms with E-state index in [1.165, 1.54) is 43.5 Å². The molecule has 0 saturated carbocycles. The summed E-state index contributed by atoms with van der Waals surface area (Å²) >= 11 is 0.314. The van der Waals surface area contributed by atoms with Crippen LogP contribution < -0.4 is 4.74 Å². The molecule has 2 aromatic carbocycles. The predicted octanol–water partition coefficient (Wildman–Crippen LogP) is 5.38. The Kier molecular flexibility index (Phi) is 7.28. The zero-order valence-corrected chi connectivity index (χ0v) is 16.4. The molecule has 0 amide bonds. The van der Waals surface area contributed by atoms with E-state index in [1.54, 1.807) is 0 Å². The number of phenolic OH excluding ortho intramolecular Hbond substituents is 1. The molecule has 14 heteroatoms. The number of aromatic hydroxyl groups is 1. The molecule has 1 aromatic heterocycles. The smallest absolute Gasteiger partial charge is 0.490 e. The van der Waals surface area contributed by atoms with Gasteiger partial charge in [0.05, 0.1) is 7.11 Å². The summed E-state index contributed by atoms with van der Waals surface area (Å²) in [6.45, 7) is 0. The van der Waals surface area contributed by atoms with Crippen molar-refractivity contribution in [3.63, 3.8) is 0 Å². The van der Waals surface area contributed by atoms with E-state index in [4.69, 9.17) is 14.6 Å². The monoisotopic (exact) mass is 484 g/mol. The molecule has 0 spiro atoms. The van der Waals surface area contributed by atoms with Crippen molar-refractivity contribution in [3.05, 3.63) is 47.2 Å². The minimum absolute atomic E-state index is 0.0829. The number of phenols is 1. The average molecular weight is 484 g/mol. The Hall–Kier alpha value is -3.42. The number of ether oxygens (including phenoxy) is 1. The molecule has 172 valence electrons. The summed E-state index contributed by atoms with van der Waals surface area (Å²) in [6.07, 6.45) is -9.71. The Morgan fingerprint density at radius 1 is 0.969 bits per heavy atom. The van der Waals surface area contributed by atoms with Crippen LogP contribution in [0.5, 0.6) is 11.5 Å². The van der Waals surface area contributed by atoms with Crippen LogP contribution in [0.15, 0.2) is 36.4 Å². The number of carbonyl (C=O) groups is 1. The Morgan fingerprint density at radius 2 is 1.59 bits per heavy atom. The van der Waals surface area contributed by atoms with Crippen LogP contribution in [0.25, 0.3) is 21.7 Å². The first-order valence-corrected chi connectivity index (χ1v) is 8.93. The SMILES string of the molecule is COc1ccc(F)c(-c2ccc(O)cc2-c2nnc(C(F)(F)F)s2)c1.O=C(O)C(F)(F)F. The number of aromatic nitrogens is 2. The van der Waals surface area contributed by atoms with Gasteiger partial charge in [0.25, 0.3) is 0 Å². The molecular formula is C18H11F7N2O4S. The van der Waals surface area contributed by atoms with Gasteiger partial charge < -0.3 is 14.9 Å². The number of hydrogen-bond donors (Lipinski definition) is 2. The van der Waals surface area contributed by atoms with Crippen molar-refractivity contribution in [2.45, 2.75) is 12.4 Å². The zero-order valence-electron chi connectivity index (χ0n) is 15.6. The maximum absolute atomic E-state index is 14.3. The molecule has 0 unspecified atom stereocenters. The second kappa shape index (κ2) is 9.38. The molecule has 0 atom stereocenters. The van der Waals surface area contributed by atoms with Crippen molar-refractivity contribution in [3.8, 4) is 33.2 Å². The van der Waals surface area contributed by atoms with Crippen molar-refractivity contribution < 1.29 is 50.5 Å². The summed E-state index contributed by atoms with van der Waals surface area (Å²) in [6, 6.07) is 7.95. The minimum atomic E-state index is -5.08. The lowest BCUT2D eigenvalue weighted by Gasteiger charge is -2.10. The molecule has 3 rings (SSSR count). The van der Waals surface area contributed by atoms with Crippen LogP contribution in [0, 0.1) is 5.82 Å². The molecule has 0 saturated heterocycles. The summed E-state index contributed by atoms with van der Waals surface area (Å²) in [5.74, 6) is -3.16. The molecule has 6 nitrogen and oxygen atoms in total. The normalized spacial score (nSPS) is 11.5. The van der Waals surface area contributed by atoms with Crippen LogP contribution in [-0.2, 0) is 11.0 Å². The third-order valence-electron chi connectivity index (χ3n) is 3.61. The Balaban J connectivity index is 0.000000451. The highest BCUT2D eigenvalue weighted by Crippen LogP contribution is 2.41. The van der Waals surface area contributed by atoms with Crippen molar-refractivity contribution in [1.82, 2.24) is 10.2 Å². The number of rotatable bonds is 3. The molecule has 0 fully saturated rings. The maximum atomic E-state index is 14.3. The van der Waals surface area contributed by atoms with E-state index in [0.29, 0.717) is 17.1 Å². The summed E-state index contributed by atoms with van der Waals surface area (Å²) in [7, 11) is 1.41. The van der Waals surface area contributed by atoms with Gasteiger partial charge in [-0.25, -0.2) is 9.18 Å². The lowest BCUT2D eigenvalue weighted by molar-refractivity contribution is -0.192. The zero-order chi connectivity index (χ0) is 24.3. The lowest BCUT2D eigenvalue weighted by Crippen LogP contribution is -2.21. The van der Waals surface area contributed by atoms with Gasteiger partial charge in [0, 0.05) is 11.1 Å². The fourth-order valence-corrected chi connectivity index (χ4v) is 2.97. The quantitative estimate of drug-likeness (QED) is 0.486. The van der Waals surface area contributed by atoms with Crippen LogP contribution in [0.4, 0.5) is 30.7 Å². The van der Waals surface area contributed by atoms with Gasteiger partial charge in [0.1, 0.15) is 22.3 Å². The van der Waals surface area contributed by atoms with Crippen molar-refractivity contribution in [2.24, 2.45) is 0 Å². The molecule has 0 bridgehead atoms. The molecule has 0 aliphatic carbocycles. The first kappa shape index (κ1) is 24.8. The van der Waals surface area contributed by atoms with Crippen LogP contribution in [0.3, 0.4) is 0 Å². The summed E-state index contributed by atoms with van der Waals surface area (Å²) in [5.41, 5.74) is 0.511.